The maximum absolute atomic E-state index is 12.6. The molecule has 1 amide bonds. The fraction of sp³-hybridized carbons (Fsp3) is 0.318. The average Bonchev–Trinajstić information content (AvgIpc) is 3.58. The molecule has 0 unspecified atom stereocenters. The molecule has 0 aliphatic heterocycles. The first kappa shape index (κ1) is 15.6. The molecule has 1 heterocycles. The van der Waals surface area contributed by atoms with Gasteiger partial charge in [-0.25, -0.2) is 0 Å². The van der Waals surface area contributed by atoms with Crippen LogP contribution in [-0.4, -0.2) is 23.5 Å². The van der Waals surface area contributed by atoms with Gasteiger partial charge in [-0.1, -0.05) is 30.3 Å². The van der Waals surface area contributed by atoms with Crippen LogP contribution in [0.5, 0.6) is 0 Å². The summed E-state index contributed by atoms with van der Waals surface area (Å²) in [5.41, 5.74) is 3.86. The minimum atomic E-state index is -0.0781. The quantitative estimate of drug-likeness (QED) is 0.625. The number of anilines is 1. The van der Waals surface area contributed by atoms with Crippen LogP contribution in [0.15, 0.2) is 54.7 Å². The highest BCUT2D eigenvalue weighted by molar-refractivity contribution is 6.12. The summed E-state index contributed by atoms with van der Waals surface area (Å²) in [5.74, 6) is 1.48. The second-order valence-electron chi connectivity index (χ2n) is 7.62. The Balaban J connectivity index is 1.23. The van der Waals surface area contributed by atoms with Crippen molar-refractivity contribution in [2.75, 3.05) is 11.9 Å². The molecule has 3 aromatic rings. The number of hydrogen-bond acceptors (Lipinski definition) is 2. The van der Waals surface area contributed by atoms with Gasteiger partial charge in [-0.15, -0.1) is 0 Å². The molecule has 132 valence electrons. The summed E-state index contributed by atoms with van der Waals surface area (Å²) in [6, 6.07) is 16.8. The van der Waals surface area contributed by atoms with Crippen molar-refractivity contribution in [1.82, 2.24) is 10.3 Å². The van der Waals surface area contributed by atoms with Crippen LogP contribution in [0.2, 0.25) is 0 Å². The highest BCUT2D eigenvalue weighted by Gasteiger charge is 2.38. The largest absolute Gasteiger partial charge is 0.360 e. The number of hydrogen-bond donors (Lipinski definition) is 3. The Morgan fingerprint density at radius 1 is 1.08 bits per heavy atom. The number of carbonyl (C=O) groups excluding carboxylic acids is 1. The van der Waals surface area contributed by atoms with Crippen molar-refractivity contribution in [3.8, 4) is 0 Å². The molecule has 2 saturated carbocycles. The first-order valence-electron chi connectivity index (χ1n) is 9.49. The highest BCUT2D eigenvalue weighted by atomic mass is 16.1. The molecule has 0 bridgehead atoms. The summed E-state index contributed by atoms with van der Waals surface area (Å²) >= 11 is 0. The van der Waals surface area contributed by atoms with E-state index in [0.29, 0.717) is 17.5 Å². The van der Waals surface area contributed by atoms with Gasteiger partial charge in [0.1, 0.15) is 0 Å². The Labute approximate surface area is 153 Å². The fourth-order valence-corrected chi connectivity index (χ4v) is 3.70. The minimum Gasteiger partial charge on any atom is -0.360 e. The third kappa shape index (κ3) is 3.13. The van der Waals surface area contributed by atoms with Gasteiger partial charge >= 0.3 is 0 Å². The van der Waals surface area contributed by atoms with Gasteiger partial charge in [0.15, 0.2) is 0 Å². The molecule has 26 heavy (non-hydrogen) atoms. The Kier molecular flexibility index (Phi) is 3.79. The molecule has 4 nitrogen and oxygen atoms in total. The van der Waals surface area contributed by atoms with E-state index in [1.807, 2.05) is 36.4 Å². The van der Waals surface area contributed by atoms with E-state index in [1.165, 1.54) is 31.4 Å². The van der Waals surface area contributed by atoms with E-state index in [-0.39, 0.29) is 5.91 Å². The molecule has 0 saturated heterocycles. The van der Waals surface area contributed by atoms with Crippen molar-refractivity contribution < 1.29 is 4.79 Å². The standard InChI is InChI=1S/C22H23N3O/c26-22(19-13-24-20-4-2-1-3-17(19)20)25-16-9-7-15(8-10-16)18-11-21(18)23-12-14-5-6-14/h1-4,7-10,13-14,18,21,23-24H,5-6,11-12H2,(H,25,26)/t18-,21+/m0/s1. The third-order valence-corrected chi connectivity index (χ3v) is 5.59. The number of aromatic nitrogens is 1. The fourth-order valence-electron chi connectivity index (χ4n) is 3.70. The molecular formula is C22H23N3O. The van der Waals surface area contributed by atoms with Crippen molar-refractivity contribution in [1.29, 1.82) is 0 Å². The molecule has 2 aliphatic carbocycles. The first-order chi connectivity index (χ1) is 12.8. The van der Waals surface area contributed by atoms with E-state index >= 15 is 0 Å². The zero-order chi connectivity index (χ0) is 17.5. The van der Waals surface area contributed by atoms with Gasteiger partial charge < -0.3 is 15.6 Å². The van der Waals surface area contributed by atoms with Crippen LogP contribution in [0, 0.1) is 5.92 Å². The lowest BCUT2D eigenvalue weighted by atomic mass is 10.1. The second kappa shape index (κ2) is 6.29. The van der Waals surface area contributed by atoms with Crippen LogP contribution < -0.4 is 10.6 Å². The van der Waals surface area contributed by atoms with E-state index < -0.39 is 0 Å². The minimum absolute atomic E-state index is 0.0781. The predicted octanol–water partition coefficient (Wildman–Crippen LogP) is 4.28. The Hall–Kier alpha value is -2.59. The molecular weight excluding hydrogens is 322 g/mol. The molecule has 0 radical (unpaired) electrons. The number of amides is 1. The topological polar surface area (TPSA) is 56.9 Å². The highest BCUT2D eigenvalue weighted by Crippen LogP contribution is 2.42. The lowest BCUT2D eigenvalue weighted by Gasteiger charge is -2.07. The van der Waals surface area contributed by atoms with E-state index in [4.69, 9.17) is 0 Å². The maximum atomic E-state index is 12.6. The van der Waals surface area contributed by atoms with Crippen LogP contribution in [0.3, 0.4) is 0 Å². The number of fused-ring (bicyclic) bond motifs is 1. The number of benzene rings is 2. The summed E-state index contributed by atoms with van der Waals surface area (Å²) in [5, 5.41) is 7.63. The van der Waals surface area contributed by atoms with E-state index in [2.05, 4.69) is 27.8 Å². The number of aromatic amines is 1. The third-order valence-electron chi connectivity index (χ3n) is 5.59. The van der Waals surface area contributed by atoms with Crippen LogP contribution in [0.25, 0.3) is 10.9 Å². The summed E-state index contributed by atoms with van der Waals surface area (Å²) in [7, 11) is 0. The van der Waals surface area contributed by atoms with Crippen molar-refractivity contribution in [3.05, 3.63) is 65.9 Å². The number of carbonyl (C=O) groups is 1. The van der Waals surface area contributed by atoms with Gasteiger partial charge in [-0.2, -0.15) is 0 Å². The zero-order valence-corrected chi connectivity index (χ0v) is 14.7. The van der Waals surface area contributed by atoms with Gasteiger partial charge in [-0.05, 0) is 55.5 Å². The molecule has 2 aliphatic rings. The number of para-hydroxylation sites is 1. The summed E-state index contributed by atoms with van der Waals surface area (Å²) in [4.78, 5) is 15.7. The lowest BCUT2D eigenvalue weighted by Crippen LogP contribution is -2.20. The van der Waals surface area contributed by atoms with Gasteiger partial charge in [0.2, 0.25) is 0 Å². The monoisotopic (exact) mass is 345 g/mol. The second-order valence-corrected chi connectivity index (χ2v) is 7.62. The van der Waals surface area contributed by atoms with Gasteiger partial charge in [0.05, 0.1) is 5.56 Å². The molecule has 2 fully saturated rings. The van der Waals surface area contributed by atoms with Crippen LogP contribution >= 0.6 is 0 Å². The molecule has 4 heteroatoms. The normalized spacial score (nSPS) is 21.7. The van der Waals surface area contributed by atoms with Crippen molar-refractivity contribution >= 4 is 22.5 Å². The first-order valence-corrected chi connectivity index (χ1v) is 9.49. The van der Waals surface area contributed by atoms with E-state index in [0.717, 1.165) is 22.5 Å². The Morgan fingerprint density at radius 2 is 1.88 bits per heavy atom. The maximum Gasteiger partial charge on any atom is 0.257 e. The van der Waals surface area contributed by atoms with E-state index in [9.17, 15) is 4.79 Å². The van der Waals surface area contributed by atoms with Crippen LogP contribution in [-0.2, 0) is 0 Å². The van der Waals surface area contributed by atoms with Crippen molar-refractivity contribution in [3.63, 3.8) is 0 Å². The molecule has 1 aromatic heterocycles. The SMILES string of the molecule is O=C(Nc1ccc([C@@H]2C[C@H]2NCC2CC2)cc1)c1c[nH]c2ccccc12. The lowest BCUT2D eigenvalue weighted by molar-refractivity contribution is 0.102. The Morgan fingerprint density at radius 3 is 2.69 bits per heavy atom. The summed E-state index contributed by atoms with van der Waals surface area (Å²) in [6.07, 6.45) is 5.80. The smallest absolute Gasteiger partial charge is 0.257 e. The molecule has 2 aromatic carbocycles. The van der Waals surface area contributed by atoms with Crippen molar-refractivity contribution in [2.45, 2.75) is 31.2 Å². The summed E-state index contributed by atoms with van der Waals surface area (Å²) < 4.78 is 0. The number of nitrogens with one attached hydrogen (secondary N) is 3. The molecule has 3 N–H and O–H groups in total. The van der Waals surface area contributed by atoms with Gasteiger partial charge in [0.25, 0.3) is 5.91 Å². The molecule has 5 rings (SSSR count). The number of rotatable bonds is 6. The van der Waals surface area contributed by atoms with Gasteiger partial charge in [0, 0.05) is 34.7 Å². The van der Waals surface area contributed by atoms with E-state index in [1.54, 1.807) is 6.20 Å². The Bertz CT molecular complexity index is 939. The molecule has 0 spiro atoms. The van der Waals surface area contributed by atoms with Crippen LogP contribution in [0.4, 0.5) is 5.69 Å². The predicted molar refractivity (Wildman–Crippen MR) is 105 cm³/mol. The summed E-state index contributed by atoms with van der Waals surface area (Å²) in [6.45, 7) is 1.18. The van der Waals surface area contributed by atoms with Crippen molar-refractivity contribution in [2.24, 2.45) is 5.92 Å². The van der Waals surface area contributed by atoms with Crippen LogP contribution in [0.1, 0.15) is 41.1 Å². The van der Waals surface area contributed by atoms with Gasteiger partial charge in [-0.3, -0.25) is 4.79 Å². The average molecular weight is 345 g/mol. The molecule has 2 atom stereocenters. The number of H-pyrrole nitrogens is 1. The zero-order valence-electron chi connectivity index (χ0n) is 14.7.